The van der Waals surface area contributed by atoms with E-state index >= 15 is 0 Å². The van der Waals surface area contributed by atoms with Gasteiger partial charge in [-0.25, -0.2) is 14.5 Å². The first-order chi connectivity index (χ1) is 16.0. The number of carbonyl (C=O) groups excluding carboxylic acids is 2. The van der Waals surface area contributed by atoms with Crippen molar-refractivity contribution in [3.63, 3.8) is 0 Å². The second-order valence-electron chi connectivity index (χ2n) is 7.65. The molecule has 0 saturated carbocycles. The number of pyridine rings is 2. The normalized spacial score (nSPS) is 14.1. The fourth-order valence-corrected chi connectivity index (χ4v) is 3.81. The van der Waals surface area contributed by atoms with Crippen LogP contribution >= 0.6 is 0 Å². The molecule has 0 unspecified atom stereocenters. The zero-order chi connectivity index (χ0) is 22.9. The second kappa shape index (κ2) is 8.51. The number of aromatic nitrogens is 6. The van der Waals surface area contributed by atoms with Gasteiger partial charge in [-0.05, 0) is 29.8 Å². The van der Waals surface area contributed by atoms with Crippen LogP contribution < -0.4 is 0 Å². The van der Waals surface area contributed by atoms with Crippen LogP contribution in [0.1, 0.15) is 26.4 Å². The summed E-state index contributed by atoms with van der Waals surface area (Å²) in [6.07, 6.45) is 3.17. The lowest BCUT2D eigenvalue weighted by atomic mass is 10.0. The molecule has 4 aromatic rings. The first-order valence-corrected chi connectivity index (χ1v) is 10.4. The molecule has 1 amide bonds. The number of halogens is 1. The number of ketones is 1. The van der Waals surface area contributed by atoms with Crippen LogP contribution in [0.2, 0.25) is 0 Å². The molecule has 0 spiro atoms. The van der Waals surface area contributed by atoms with Crippen molar-refractivity contribution in [1.29, 1.82) is 0 Å². The highest BCUT2D eigenvalue weighted by molar-refractivity contribution is 6.07. The molecule has 0 bridgehead atoms. The standard InChI is InChI=1S/C22H20FN7O3/c1-28-20(15(13-24-28)22(32)29-7-9-33-10-8-29)17(31)11-14-5-6-30-19(12-14)26-21(27-30)16-3-2-4-18(23)25-16/h2-6,12-13H,7-11H2,1H3. The number of nitrogens with zero attached hydrogens (tertiary/aromatic N) is 7. The SMILES string of the molecule is Cn1ncc(C(=O)N2CCOCC2)c1C(=O)Cc1ccn2nc(-c3cccc(F)n3)nc2c1. The Bertz CT molecular complexity index is 1360. The van der Waals surface area contributed by atoms with E-state index in [0.29, 0.717) is 43.2 Å². The van der Waals surface area contributed by atoms with Gasteiger partial charge in [0.05, 0.1) is 25.0 Å². The van der Waals surface area contributed by atoms with Crippen molar-refractivity contribution >= 4 is 17.3 Å². The summed E-state index contributed by atoms with van der Waals surface area (Å²) in [5.74, 6) is -0.795. The van der Waals surface area contributed by atoms with E-state index in [1.807, 2.05) is 0 Å². The molecule has 1 fully saturated rings. The lowest BCUT2D eigenvalue weighted by Crippen LogP contribution is -2.41. The van der Waals surface area contributed by atoms with Gasteiger partial charge in [0.1, 0.15) is 11.4 Å². The molecule has 0 aliphatic carbocycles. The fraction of sp³-hybridized carbons (Fsp3) is 0.273. The third-order valence-corrected chi connectivity index (χ3v) is 5.44. The average molecular weight is 449 g/mol. The van der Waals surface area contributed by atoms with Gasteiger partial charge in [0, 0.05) is 32.8 Å². The molecular weight excluding hydrogens is 429 g/mol. The molecule has 5 heterocycles. The van der Waals surface area contributed by atoms with E-state index in [0.717, 1.165) is 0 Å². The molecule has 0 radical (unpaired) electrons. The van der Waals surface area contributed by atoms with Crippen molar-refractivity contribution in [1.82, 2.24) is 34.3 Å². The Morgan fingerprint density at radius 3 is 2.76 bits per heavy atom. The van der Waals surface area contributed by atoms with Crippen molar-refractivity contribution in [2.24, 2.45) is 7.05 Å². The summed E-state index contributed by atoms with van der Waals surface area (Å²) in [4.78, 5) is 36.0. The van der Waals surface area contributed by atoms with Crippen LogP contribution in [0.3, 0.4) is 0 Å². The molecule has 5 rings (SSSR count). The lowest BCUT2D eigenvalue weighted by Gasteiger charge is -2.26. The van der Waals surface area contributed by atoms with Crippen LogP contribution in [0.4, 0.5) is 4.39 Å². The minimum atomic E-state index is -0.615. The largest absolute Gasteiger partial charge is 0.378 e. The highest BCUT2D eigenvalue weighted by atomic mass is 19.1. The van der Waals surface area contributed by atoms with Gasteiger partial charge in [0.25, 0.3) is 5.91 Å². The number of amides is 1. The summed E-state index contributed by atoms with van der Waals surface area (Å²) in [7, 11) is 1.64. The zero-order valence-electron chi connectivity index (χ0n) is 17.8. The summed E-state index contributed by atoms with van der Waals surface area (Å²) in [6.45, 7) is 1.91. The third-order valence-electron chi connectivity index (χ3n) is 5.44. The third kappa shape index (κ3) is 4.10. The van der Waals surface area contributed by atoms with E-state index in [2.05, 4.69) is 20.2 Å². The first kappa shape index (κ1) is 20.9. The van der Waals surface area contributed by atoms with Crippen molar-refractivity contribution in [3.05, 3.63) is 65.5 Å². The van der Waals surface area contributed by atoms with E-state index in [-0.39, 0.29) is 35.2 Å². The maximum Gasteiger partial charge on any atom is 0.257 e. The number of morpholine rings is 1. The van der Waals surface area contributed by atoms with Crippen LogP contribution in [0.25, 0.3) is 17.2 Å². The molecule has 11 heteroatoms. The molecule has 0 N–H and O–H groups in total. The molecule has 168 valence electrons. The molecule has 33 heavy (non-hydrogen) atoms. The Hall–Kier alpha value is -3.99. The molecular formula is C22H20FN7O3. The van der Waals surface area contributed by atoms with Crippen LogP contribution in [0.15, 0.2) is 42.7 Å². The van der Waals surface area contributed by atoms with Crippen molar-refractivity contribution in [2.45, 2.75) is 6.42 Å². The number of aryl methyl sites for hydroxylation is 1. The van der Waals surface area contributed by atoms with E-state index < -0.39 is 5.95 Å². The molecule has 4 aromatic heterocycles. The maximum atomic E-state index is 13.4. The Balaban J connectivity index is 1.39. The van der Waals surface area contributed by atoms with Crippen LogP contribution in [0, 0.1) is 5.95 Å². The molecule has 1 aliphatic heterocycles. The van der Waals surface area contributed by atoms with Crippen molar-refractivity contribution in [3.8, 4) is 11.5 Å². The molecule has 1 aliphatic rings. The second-order valence-corrected chi connectivity index (χ2v) is 7.65. The van der Waals surface area contributed by atoms with Crippen molar-refractivity contribution in [2.75, 3.05) is 26.3 Å². The summed E-state index contributed by atoms with van der Waals surface area (Å²) in [6, 6.07) is 7.89. The molecule has 10 nitrogen and oxygen atoms in total. The van der Waals surface area contributed by atoms with Crippen molar-refractivity contribution < 1.29 is 18.7 Å². The summed E-state index contributed by atoms with van der Waals surface area (Å²) in [5, 5.41) is 8.46. The topological polar surface area (TPSA) is 108 Å². The van der Waals surface area contributed by atoms with Gasteiger partial charge in [-0.15, -0.1) is 5.10 Å². The Kier molecular flexibility index (Phi) is 5.38. The van der Waals surface area contributed by atoms with Gasteiger partial charge in [-0.1, -0.05) is 6.07 Å². The summed E-state index contributed by atoms with van der Waals surface area (Å²) in [5.41, 5.74) is 2.06. The van der Waals surface area contributed by atoms with Crippen LogP contribution in [-0.2, 0) is 18.2 Å². The Labute approximate surface area is 187 Å². The Morgan fingerprint density at radius 1 is 1.15 bits per heavy atom. The highest BCUT2D eigenvalue weighted by Crippen LogP contribution is 2.18. The van der Waals surface area contributed by atoms with E-state index in [4.69, 9.17) is 4.74 Å². The molecule has 0 atom stereocenters. The highest BCUT2D eigenvalue weighted by Gasteiger charge is 2.27. The van der Waals surface area contributed by atoms with E-state index in [1.165, 1.54) is 27.5 Å². The van der Waals surface area contributed by atoms with Gasteiger partial charge in [-0.2, -0.15) is 9.49 Å². The Morgan fingerprint density at radius 2 is 1.97 bits per heavy atom. The predicted octanol–water partition coefficient (Wildman–Crippen LogP) is 1.56. The first-order valence-electron chi connectivity index (χ1n) is 10.4. The number of ether oxygens (including phenoxy) is 1. The average Bonchev–Trinajstić information content (AvgIpc) is 3.42. The summed E-state index contributed by atoms with van der Waals surface area (Å²) >= 11 is 0. The molecule has 1 saturated heterocycles. The number of Topliss-reactive ketones (excluding diaryl/α,β-unsaturated/α-hetero) is 1. The number of hydrogen-bond donors (Lipinski definition) is 0. The van der Waals surface area contributed by atoms with Gasteiger partial charge >= 0.3 is 0 Å². The quantitative estimate of drug-likeness (QED) is 0.336. The number of hydrogen-bond acceptors (Lipinski definition) is 7. The van der Waals surface area contributed by atoms with Gasteiger partial charge < -0.3 is 9.64 Å². The maximum absolute atomic E-state index is 13.4. The number of rotatable bonds is 5. The van der Waals surface area contributed by atoms with Crippen LogP contribution in [-0.4, -0.2) is 72.3 Å². The number of fused-ring (bicyclic) bond motifs is 1. The van der Waals surface area contributed by atoms with E-state index in [1.54, 1.807) is 36.3 Å². The smallest absolute Gasteiger partial charge is 0.257 e. The number of carbonyl (C=O) groups is 2. The van der Waals surface area contributed by atoms with Gasteiger partial charge in [0.2, 0.25) is 11.8 Å². The van der Waals surface area contributed by atoms with E-state index in [9.17, 15) is 14.0 Å². The lowest BCUT2D eigenvalue weighted by molar-refractivity contribution is 0.0301. The summed E-state index contributed by atoms with van der Waals surface area (Å²) < 4.78 is 21.7. The van der Waals surface area contributed by atoms with Gasteiger partial charge in [0.15, 0.2) is 11.4 Å². The monoisotopic (exact) mass is 449 g/mol. The predicted molar refractivity (Wildman–Crippen MR) is 114 cm³/mol. The fourth-order valence-electron chi connectivity index (χ4n) is 3.81. The minimum Gasteiger partial charge on any atom is -0.378 e. The minimum absolute atomic E-state index is 0.0554. The molecule has 0 aromatic carbocycles. The van der Waals surface area contributed by atoms with Crippen LogP contribution in [0.5, 0.6) is 0 Å². The zero-order valence-corrected chi connectivity index (χ0v) is 17.8. The van der Waals surface area contributed by atoms with Gasteiger partial charge in [-0.3, -0.25) is 14.3 Å².